The molecule has 1 aliphatic heterocycles. The number of anilines is 1. The van der Waals surface area contributed by atoms with Gasteiger partial charge in [-0.25, -0.2) is 4.98 Å². The summed E-state index contributed by atoms with van der Waals surface area (Å²) in [5.41, 5.74) is -0.486. The Hall–Kier alpha value is -1.40. The molecule has 1 aromatic rings. The SMILES string of the molecule is COC1(CNc2nccn(C)c2=O)CCOC1. The largest absolute Gasteiger partial charge is 0.378 e. The van der Waals surface area contributed by atoms with E-state index in [1.54, 1.807) is 26.6 Å². The van der Waals surface area contributed by atoms with Crippen LogP contribution in [-0.2, 0) is 16.5 Å². The van der Waals surface area contributed by atoms with E-state index in [0.29, 0.717) is 25.6 Å². The molecule has 17 heavy (non-hydrogen) atoms. The fourth-order valence-electron chi connectivity index (χ4n) is 1.82. The number of ether oxygens (including phenoxy) is 2. The molecule has 0 saturated carbocycles. The minimum atomic E-state index is -0.345. The van der Waals surface area contributed by atoms with E-state index < -0.39 is 0 Å². The quantitative estimate of drug-likeness (QED) is 0.801. The minimum absolute atomic E-state index is 0.141. The van der Waals surface area contributed by atoms with Gasteiger partial charge in [-0.3, -0.25) is 4.79 Å². The molecular weight excluding hydrogens is 222 g/mol. The minimum Gasteiger partial charge on any atom is -0.378 e. The van der Waals surface area contributed by atoms with E-state index in [1.165, 1.54) is 4.57 Å². The average Bonchev–Trinajstić information content (AvgIpc) is 2.81. The second kappa shape index (κ2) is 4.85. The summed E-state index contributed by atoms with van der Waals surface area (Å²) in [7, 11) is 3.35. The molecule has 1 N–H and O–H groups in total. The molecule has 1 fully saturated rings. The summed E-state index contributed by atoms with van der Waals surface area (Å²) in [4.78, 5) is 15.8. The van der Waals surface area contributed by atoms with Crippen molar-refractivity contribution < 1.29 is 9.47 Å². The number of aryl methyl sites for hydroxylation is 1. The highest BCUT2D eigenvalue weighted by Gasteiger charge is 2.34. The molecule has 0 aliphatic carbocycles. The van der Waals surface area contributed by atoms with Gasteiger partial charge in [0.25, 0.3) is 5.56 Å². The van der Waals surface area contributed by atoms with Crippen LogP contribution in [-0.4, -0.2) is 42.0 Å². The second-order valence-electron chi connectivity index (χ2n) is 4.24. The molecule has 94 valence electrons. The van der Waals surface area contributed by atoms with Crippen molar-refractivity contribution in [1.29, 1.82) is 0 Å². The van der Waals surface area contributed by atoms with Gasteiger partial charge in [0.2, 0.25) is 0 Å². The molecule has 2 rings (SSSR count). The summed E-state index contributed by atoms with van der Waals surface area (Å²) in [6.45, 7) is 1.76. The summed E-state index contributed by atoms with van der Waals surface area (Å²) < 4.78 is 12.3. The topological polar surface area (TPSA) is 65.4 Å². The van der Waals surface area contributed by atoms with E-state index in [0.717, 1.165) is 6.42 Å². The lowest BCUT2D eigenvalue weighted by Gasteiger charge is -2.25. The lowest BCUT2D eigenvalue weighted by Crippen LogP contribution is -2.41. The van der Waals surface area contributed by atoms with E-state index in [2.05, 4.69) is 10.3 Å². The maximum atomic E-state index is 11.7. The molecule has 1 aliphatic rings. The third kappa shape index (κ3) is 2.48. The van der Waals surface area contributed by atoms with Crippen LogP contribution in [0.3, 0.4) is 0 Å². The molecule has 0 radical (unpaired) electrons. The highest BCUT2D eigenvalue weighted by atomic mass is 16.5. The van der Waals surface area contributed by atoms with E-state index in [-0.39, 0.29) is 11.2 Å². The normalized spacial score (nSPS) is 23.9. The number of aromatic nitrogens is 2. The molecule has 1 saturated heterocycles. The Morgan fingerprint density at radius 3 is 3.18 bits per heavy atom. The Morgan fingerprint density at radius 1 is 1.71 bits per heavy atom. The van der Waals surface area contributed by atoms with Crippen LogP contribution in [0, 0.1) is 0 Å². The average molecular weight is 239 g/mol. The maximum absolute atomic E-state index is 11.7. The predicted octanol–water partition coefficient (Wildman–Crippen LogP) is -0.00230. The van der Waals surface area contributed by atoms with E-state index in [1.807, 2.05) is 0 Å². The fourth-order valence-corrected chi connectivity index (χ4v) is 1.82. The van der Waals surface area contributed by atoms with Gasteiger partial charge in [-0.05, 0) is 0 Å². The van der Waals surface area contributed by atoms with Crippen LogP contribution in [0.15, 0.2) is 17.2 Å². The monoisotopic (exact) mass is 239 g/mol. The second-order valence-corrected chi connectivity index (χ2v) is 4.24. The van der Waals surface area contributed by atoms with Gasteiger partial charge in [0.05, 0.1) is 6.61 Å². The highest BCUT2D eigenvalue weighted by Crippen LogP contribution is 2.22. The zero-order chi connectivity index (χ0) is 12.3. The van der Waals surface area contributed by atoms with Crippen LogP contribution >= 0.6 is 0 Å². The molecule has 0 aromatic carbocycles. The molecule has 6 nitrogen and oxygen atoms in total. The van der Waals surface area contributed by atoms with Gasteiger partial charge in [-0.15, -0.1) is 0 Å². The van der Waals surface area contributed by atoms with Gasteiger partial charge < -0.3 is 19.4 Å². The Labute approximate surface area is 99.6 Å². The van der Waals surface area contributed by atoms with Gasteiger partial charge >= 0.3 is 0 Å². The standard InChI is InChI=1S/C11H17N3O3/c1-14-5-4-12-9(10(14)15)13-7-11(16-2)3-6-17-8-11/h4-5H,3,6-8H2,1-2H3,(H,12,13). The Kier molecular flexibility index (Phi) is 3.44. The lowest BCUT2D eigenvalue weighted by atomic mass is 10.0. The third-order valence-electron chi connectivity index (χ3n) is 3.09. The van der Waals surface area contributed by atoms with Crippen molar-refractivity contribution in [3.05, 3.63) is 22.7 Å². The Morgan fingerprint density at radius 2 is 2.53 bits per heavy atom. The van der Waals surface area contributed by atoms with E-state index >= 15 is 0 Å². The zero-order valence-electron chi connectivity index (χ0n) is 10.1. The van der Waals surface area contributed by atoms with Crippen molar-refractivity contribution in [3.63, 3.8) is 0 Å². The van der Waals surface area contributed by atoms with Gasteiger partial charge in [-0.1, -0.05) is 0 Å². The third-order valence-corrected chi connectivity index (χ3v) is 3.09. The van der Waals surface area contributed by atoms with Crippen LogP contribution in [0.4, 0.5) is 5.82 Å². The number of methoxy groups -OCH3 is 1. The Balaban J connectivity index is 2.07. The van der Waals surface area contributed by atoms with Gasteiger partial charge in [0, 0.05) is 46.1 Å². The molecule has 1 atom stereocenters. The summed E-state index contributed by atoms with van der Waals surface area (Å²) in [6, 6.07) is 0. The van der Waals surface area contributed by atoms with Gasteiger partial charge in [-0.2, -0.15) is 0 Å². The molecule has 1 unspecified atom stereocenters. The molecule has 0 spiro atoms. The number of rotatable bonds is 4. The van der Waals surface area contributed by atoms with Gasteiger partial charge in [0.15, 0.2) is 5.82 Å². The number of nitrogens with zero attached hydrogens (tertiary/aromatic N) is 2. The van der Waals surface area contributed by atoms with Crippen molar-refractivity contribution in [2.75, 3.05) is 32.2 Å². The summed E-state index contributed by atoms with van der Waals surface area (Å²) >= 11 is 0. The van der Waals surface area contributed by atoms with E-state index in [9.17, 15) is 4.79 Å². The van der Waals surface area contributed by atoms with Crippen LogP contribution in [0.2, 0.25) is 0 Å². The van der Waals surface area contributed by atoms with Crippen molar-refractivity contribution in [2.24, 2.45) is 7.05 Å². The van der Waals surface area contributed by atoms with Crippen molar-refractivity contribution in [2.45, 2.75) is 12.0 Å². The smallest absolute Gasteiger partial charge is 0.293 e. The molecule has 0 bridgehead atoms. The van der Waals surface area contributed by atoms with Crippen molar-refractivity contribution in [3.8, 4) is 0 Å². The first-order chi connectivity index (χ1) is 8.17. The molecule has 1 aromatic heterocycles. The maximum Gasteiger partial charge on any atom is 0.293 e. The van der Waals surface area contributed by atoms with Crippen LogP contribution < -0.4 is 10.9 Å². The molecule has 6 heteroatoms. The van der Waals surface area contributed by atoms with Gasteiger partial charge in [0.1, 0.15) is 5.60 Å². The molecular formula is C11H17N3O3. The van der Waals surface area contributed by atoms with Crippen LogP contribution in [0.5, 0.6) is 0 Å². The van der Waals surface area contributed by atoms with Crippen molar-refractivity contribution >= 4 is 5.82 Å². The number of nitrogens with one attached hydrogen (secondary N) is 1. The fraction of sp³-hybridized carbons (Fsp3) is 0.636. The first kappa shape index (κ1) is 12.1. The first-order valence-corrected chi connectivity index (χ1v) is 5.55. The number of hydrogen-bond donors (Lipinski definition) is 1. The highest BCUT2D eigenvalue weighted by molar-refractivity contribution is 5.31. The summed E-state index contributed by atoms with van der Waals surface area (Å²) in [5.74, 6) is 0.346. The van der Waals surface area contributed by atoms with E-state index in [4.69, 9.17) is 9.47 Å². The predicted molar refractivity (Wildman–Crippen MR) is 63.1 cm³/mol. The summed E-state index contributed by atoms with van der Waals surface area (Å²) in [5, 5.41) is 3.04. The number of hydrogen-bond acceptors (Lipinski definition) is 5. The molecule has 0 amide bonds. The Bertz CT molecular complexity index is 438. The van der Waals surface area contributed by atoms with Crippen LogP contribution in [0.25, 0.3) is 0 Å². The first-order valence-electron chi connectivity index (χ1n) is 5.55. The summed E-state index contributed by atoms with van der Waals surface area (Å²) in [6.07, 6.45) is 4.04. The van der Waals surface area contributed by atoms with Crippen molar-refractivity contribution in [1.82, 2.24) is 9.55 Å². The lowest BCUT2D eigenvalue weighted by molar-refractivity contribution is -0.00627. The van der Waals surface area contributed by atoms with Crippen LogP contribution in [0.1, 0.15) is 6.42 Å². The molecule has 2 heterocycles. The zero-order valence-corrected chi connectivity index (χ0v) is 10.1.